The first kappa shape index (κ1) is 14.4. The number of pyridine rings is 1. The summed E-state index contributed by atoms with van der Waals surface area (Å²) in [5.74, 6) is -0.433. The van der Waals surface area contributed by atoms with Gasteiger partial charge in [-0.2, -0.15) is 0 Å². The highest BCUT2D eigenvalue weighted by molar-refractivity contribution is 5.96. The lowest BCUT2D eigenvalue weighted by atomic mass is 10.1. The second kappa shape index (κ2) is 5.76. The SMILES string of the molecule is CCCC(=O)c1ccc(C(=O)OC(C)(C)C)nc1. The molecule has 4 heteroatoms. The number of esters is 1. The normalized spacial score (nSPS) is 11.1. The van der Waals surface area contributed by atoms with Crippen molar-refractivity contribution >= 4 is 11.8 Å². The third-order valence-electron chi connectivity index (χ3n) is 2.17. The van der Waals surface area contributed by atoms with Gasteiger partial charge in [0.1, 0.15) is 11.3 Å². The molecule has 0 N–H and O–H groups in total. The van der Waals surface area contributed by atoms with Crippen LogP contribution < -0.4 is 0 Å². The van der Waals surface area contributed by atoms with Crippen LogP contribution in [0.4, 0.5) is 0 Å². The van der Waals surface area contributed by atoms with Gasteiger partial charge in [-0.3, -0.25) is 4.79 Å². The van der Waals surface area contributed by atoms with Gasteiger partial charge in [-0.05, 0) is 39.3 Å². The first-order valence-corrected chi connectivity index (χ1v) is 6.06. The molecule has 0 radical (unpaired) electrons. The van der Waals surface area contributed by atoms with Crippen LogP contribution in [-0.2, 0) is 4.74 Å². The highest BCUT2D eigenvalue weighted by Gasteiger charge is 2.19. The van der Waals surface area contributed by atoms with Crippen molar-refractivity contribution in [1.29, 1.82) is 0 Å². The Labute approximate surface area is 107 Å². The van der Waals surface area contributed by atoms with Gasteiger partial charge < -0.3 is 4.74 Å². The summed E-state index contributed by atoms with van der Waals surface area (Å²) in [5.41, 5.74) is 0.206. The van der Waals surface area contributed by atoms with Crippen LogP contribution in [0.15, 0.2) is 18.3 Å². The van der Waals surface area contributed by atoms with Gasteiger partial charge in [0.25, 0.3) is 0 Å². The maximum absolute atomic E-state index is 11.7. The third kappa shape index (κ3) is 4.28. The molecule has 98 valence electrons. The van der Waals surface area contributed by atoms with E-state index in [4.69, 9.17) is 4.74 Å². The molecule has 1 rings (SSSR count). The van der Waals surface area contributed by atoms with Crippen molar-refractivity contribution in [3.63, 3.8) is 0 Å². The summed E-state index contributed by atoms with van der Waals surface area (Å²) in [7, 11) is 0. The van der Waals surface area contributed by atoms with Crippen molar-refractivity contribution in [1.82, 2.24) is 4.98 Å². The van der Waals surface area contributed by atoms with Gasteiger partial charge in [0, 0.05) is 18.2 Å². The van der Waals surface area contributed by atoms with Crippen LogP contribution in [0.2, 0.25) is 0 Å². The summed E-state index contributed by atoms with van der Waals surface area (Å²) < 4.78 is 5.19. The Kier molecular flexibility index (Phi) is 4.59. The van der Waals surface area contributed by atoms with Crippen LogP contribution in [0.5, 0.6) is 0 Å². The molecule has 1 aromatic heterocycles. The Balaban J connectivity index is 2.77. The lowest BCUT2D eigenvalue weighted by molar-refractivity contribution is 0.00626. The molecular formula is C14H19NO3. The van der Waals surface area contributed by atoms with E-state index < -0.39 is 11.6 Å². The summed E-state index contributed by atoms with van der Waals surface area (Å²) in [6.45, 7) is 7.33. The van der Waals surface area contributed by atoms with Crippen LogP contribution in [0.25, 0.3) is 0 Å². The molecule has 1 aromatic rings. The Morgan fingerprint density at radius 2 is 1.94 bits per heavy atom. The average molecular weight is 249 g/mol. The Morgan fingerprint density at radius 3 is 2.39 bits per heavy atom. The number of rotatable bonds is 4. The molecule has 0 atom stereocenters. The minimum atomic E-state index is -0.546. The zero-order chi connectivity index (χ0) is 13.8. The third-order valence-corrected chi connectivity index (χ3v) is 2.17. The Bertz CT molecular complexity index is 429. The van der Waals surface area contributed by atoms with Crippen molar-refractivity contribution in [3.8, 4) is 0 Å². The van der Waals surface area contributed by atoms with Crippen molar-refractivity contribution in [2.75, 3.05) is 0 Å². The van der Waals surface area contributed by atoms with E-state index in [1.807, 2.05) is 6.92 Å². The average Bonchev–Trinajstić information content (AvgIpc) is 2.27. The molecule has 0 aliphatic heterocycles. The number of nitrogens with zero attached hydrogens (tertiary/aromatic N) is 1. The molecule has 0 aliphatic carbocycles. The van der Waals surface area contributed by atoms with Gasteiger partial charge in [0.05, 0.1) is 0 Å². The lowest BCUT2D eigenvalue weighted by Gasteiger charge is -2.19. The Morgan fingerprint density at radius 1 is 1.28 bits per heavy atom. The number of Topliss-reactive ketones (excluding diaryl/α,β-unsaturated/α-hetero) is 1. The highest BCUT2D eigenvalue weighted by atomic mass is 16.6. The molecule has 0 aliphatic rings. The number of carbonyl (C=O) groups excluding carboxylic acids is 2. The van der Waals surface area contributed by atoms with Crippen molar-refractivity contribution in [2.24, 2.45) is 0 Å². The number of carbonyl (C=O) groups is 2. The fourth-order valence-corrected chi connectivity index (χ4v) is 1.38. The van der Waals surface area contributed by atoms with Crippen LogP contribution >= 0.6 is 0 Å². The summed E-state index contributed by atoms with van der Waals surface area (Å²) >= 11 is 0. The minimum Gasteiger partial charge on any atom is -0.455 e. The van der Waals surface area contributed by atoms with Gasteiger partial charge in [-0.15, -0.1) is 0 Å². The predicted octanol–water partition coefficient (Wildman–Crippen LogP) is 3.02. The number of hydrogen-bond acceptors (Lipinski definition) is 4. The summed E-state index contributed by atoms with van der Waals surface area (Å²) in [4.78, 5) is 27.3. The van der Waals surface area contributed by atoms with Crippen molar-refractivity contribution in [2.45, 2.75) is 46.1 Å². The molecule has 0 unspecified atom stereocenters. The van der Waals surface area contributed by atoms with Crippen LogP contribution in [0.1, 0.15) is 61.4 Å². The molecule has 0 saturated heterocycles. The lowest BCUT2D eigenvalue weighted by Crippen LogP contribution is -2.24. The van der Waals surface area contributed by atoms with E-state index in [1.165, 1.54) is 12.3 Å². The zero-order valence-electron chi connectivity index (χ0n) is 11.3. The molecule has 18 heavy (non-hydrogen) atoms. The molecule has 0 fully saturated rings. The quantitative estimate of drug-likeness (QED) is 0.608. The van der Waals surface area contributed by atoms with E-state index in [0.29, 0.717) is 12.0 Å². The van der Waals surface area contributed by atoms with Gasteiger partial charge in [0.2, 0.25) is 0 Å². The number of ketones is 1. The first-order valence-electron chi connectivity index (χ1n) is 6.06. The van der Waals surface area contributed by atoms with E-state index >= 15 is 0 Å². The molecule has 0 saturated carbocycles. The van der Waals surface area contributed by atoms with Gasteiger partial charge in [-0.25, -0.2) is 9.78 Å². The van der Waals surface area contributed by atoms with Crippen LogP contribution in [-0.4, -0.2) is 22.3 Å². The van der Waals surface area contributed by atoms with Gasteiger partial charge in [-0.1, -0.05) is 6.92 Å². The first-order chi connectivity index (χ1) is 8.33. The number of ether oxygens (including phenoxy) is 1. The largest absolute Gasteiger partial charge is 0.455 e. The van der Waals surface area contributed by atoms with E-state index in [-0.39, 0.29) is 11.5 Å². The molecular weight excluding hydrogens is 230 g/mol. The maximum Gasteiger partial charge on any atom is 0.357 e. The minimum absolute atomic E-state index is 0.0424. The summed E-state index contributed by atoms with van der Waals surface area (Å²) in [6, 6.07) is 3.14. The van der Waals surface area contributed by atoms with Crippen LogP contribution in [0.3, 0.4) is 0 Å². The van der Waals surface area contributed by atoms with E-state index in [2.05, 4.69) is 4.98 Å². The Hall–Kier alpha value is -1.71. The van der Waals surface area contributed by atoms with Gasteiger partial charge >= 0.3 is 5.97 Å². The number of aromatic nitrogens is 1. The molecule has 0 amide bonds. The topological polar surface area (TPSA) is 56.3 Å². The fraction of sp³-hybridized carbons (Fsp3) is 0.500. The highest BCUT2D eigenvalue weighted by Crippen LogP contribution is 2.12. The molecule has 1 heterocycles. The van der Waals surface area contributed by atoms with Crippen molar-refractivity contribution < 1.29 is 14.3 Å². The molecule has 0 aromatic carbocycles. The predicted molar refractivity (Wildman–Crippen MR) is 68.6 cm³/mol. The monoisotopic (exact) mass is 249 g/mol. The molecule has 0 bridgehead atoms. The van der Waals surface area contributed by atoms with Crippen LogP contribution in [0, 0.1) is 0 Å². The number of hydrogen-bond donors (Lipinski definition) is 0. The second-order valence-corrected chi connectivity index (χ2v) is 5.11. The summed E-state index contributed by atoms with van der Waals surface area (Å²) in [6.07, 6.45) is 2.72. The standard InChI is InChI=1S/C14H19NO3/c1-5-6-12(16)10-7-8-11(15-9-10)13(17)18-14(2,3)4/h7-9H,5-6H2,1-4H3. The molecule has 0 spiro atoms. The maximum atomic E-state index is 11.7. The van der Waals surface area contributed by atoms with Crippen molar-refractivity contribution in [3.05, 3.63) is 29.6 Å². The fourth-order valence-electron chi connectivity index (χ4n) is 1.38. The molecule has 4 nitrogen and oxygen atoms in total. The van der Waals surface area contributed by atoms with Gasteiger partial charge in [0.15, 0.2) is 5.78 Å². The zero-order valence-corrected chi connectivity index (χ0v) is 11.3. The smallest absolute Gasteiger partial charge is 0.357 e. The van der Waals surface area contributed by atoms with E-state index in [0.717, 1.165) is 6.42 Å². The van der Waals surface area contributed by atoms with E-state index in [9.17, 15) is 9.59 Å². The second-order valence-electron chi connectivity index (χ2n) is 5.11. The summed E-state index contributed by atoms with van der Waals surface area (Å²) in [5, 5.41) is 0. The van der Waals surface area contributed by atoms with E-state index in [1.54, 1.807) is 26.8 Å².